The van der Waals surface area contributed by atoms with Crippen LogP contribution in [0, 0.1) is 0 Å². The predicted molar refractivity (Wildman–Crippen MR) is 56.0 cm³/mol. The van der Waals surface area contributed by atoms with E-state index in [0.717, 1.165) is 0 Å². The SMILES string of the molecule is Nc1ncc([C@@H]2OC[C@@H](O)[C@@H](O)[C@@H]2O)c(=O)[nH]1. The maximum Gasteiger partial charge on any atom is 0.258 e. The van der Waals surface area contributed by atoms with Gasteiger partial charge in [-0.05, 0) is 0 Å². The number of aliphatic hydroxyl groups excluding tert-OH is 3. The molecule has 0 unspecified atom stereocenters. The first-order valence-corrected chi connectivity index (χ1v) is 5.01. The summed E-state index contributed by atoms with van der Waals surface area (Å²) < 4.78 is 5.12. The number of aromatic amines is 1. The van der Waals surface area contributed by atoms with Gasteiger partial charge in [0.25, 0.3) is 5.56 Å². The molecule has 0 saturated carbocycles. The highest BCUT2D eigenvalue weighted by atomic mass is 16.5. The summed E-state index contributed by atoms with van der Waals surface area (Å²) in [6.45, 7) is -0.174. The zero-order chi connectivity index (χ0) is 12.6. The molecule has 1 saturated heterocycles. The van der Waals surface area contributed by atoms with E-state index >= 15 is 0 Å². The standard InChI is InChI=1S/C9H13N3O5/c10-9-11-1-3(8(16)12-9)7-6(15)5(14)4(13)2-17-7/h1,4-7,13-15H,2H2,(H3,10,11,12,16)/t4-,5-,6+,7+/m1/s1. The summed E-state index contributed by atoms with van der Waals surface area (Å²) in [5.74, 6) is -0.0513. The van der Waals surface area contributed by atoms with Gasteiger partial charge in [-0.25, -0.2) is 4.98 Å². The van der Waals surface area contributed by atoms with Crippen molar-refractivity contribution in [2.45, 2.75) is 24.4 Å². The molecule has 1 aromatic rings. The van der Waals surface area contributed by atoms with E-state index in [0.29, 0.717) is 0 Å². The Morgan fingerprint density at radius 2 is 2.12 bits per heavy atom. The Morgan fingerprint density at radius 3 is 2.76 bits per heavy atom. The number of nitrogens with two attached hydrogens (primary N) is 1. The van der Waals surface area contributed by atoms with Crippen molar-refractivity contribution < 1.29 is 20.1 Å². The molecule has 0 aromatic carbocycles. The molecular formula is C9H13N3O5. The number of anilines is 1. The lowest BCUT2D eigenvalue weighted by Gasteiger charge is -2.34. The number of ether oxygens (including phenoxy) is 1. The van der Waals surface area contributed by atoms with Crippen molar-refractivity contribution >= 4 is 5.95 Å². The molecule has 6 N–H and O–H groups in total. The van der Waals surface area contributed by atoms with Crippen molar-refractivity contribution in [3.05, 3.63) is 22.1 Å². The third-order valence-electron chi connectivity index (χ3n) is 2.65. The second-order valence-electron chi connectivity index (χ2n) is 3.86. The number of aliphatic hydroxyl groups is 3. The predicted octanol–water partition coefficient (Wildman–Crippen LogP) is -2.49. The van der Waals surface area contributed by atoms with Crippen molar-refractivity contribution in [1.82, 2.24) is 9.97 Å². The van der Waals surface area contributed by atoms with Gasteiger partial charge in [0.05, 0.1) is 12.2 Å². The molecule has 1 aliphatic heterocycles. The first-order valence-electron chi connectivity index (χ1n) is 5.01. The molecule has 0 spiro atoms. The summed E-state index contributed by atoms with van der Waals surface area (Å²) in [4.78, 5) is 17.5. The number of hydrogen-bond donors (Lipinski definition) is 5. The van der Waals surface area contributed by atoms with E-state index in [1.165, 1.54) is 6.20 Å². The van der Waals surface area contributed by atoms with Crippen LogP contribution in [0.2, 0.25) is 0 Å². The van der Waals surface area contributed by atoms with E-state index in [2.05, 4.69) is 9.97 Å². The van der Waals surface area contributed by atoms with Crippen LogP contribution in [-0.2, 0) is 4.74 Å². The highest BCUT2D eigenvalue weighted by Gasteiger charge is 2.39. The number of nitrogens with one attached hydrogen (secondary N) is 1. The first-order chi connectivity index (χ1) is 8.00. The zero-order valence-electron chi connectivity index (χ0n) is 8.78. The first kappa shape index (κ1) is 12.0. The molecule has 0 aliphatic carbocycles. The maximum absolute atomic E-state index is 11.6. The normalized spacial score (nSPS) is 33.6. The zero-order valence-corrected chi connectivity index (χ0v) is 8.78. The summed E-state index contributed by atoms with van der Waals surface area (Å²) in [5, 5.41) is 28.5. The van der Waals surface area contributed by atoms with Gasteiger partial charge in [-0.3, -0.25) is 9.78 Å². The van der Waals surface area contributed by atoms with Gasteiger partial charge in [-0.1, -0.05) is 0 Å². The average molecular weight is 243 g/mol. The minimum Gasteiger partial charge on any atom is -0.388 e. The van der Waals surface area contributed by atoms with Gasteiger partial charge in [0, 0.05) is 6.20 Å². The molecular weight excluding hydrogens is 230 g/mol. The number of nitrogens with zero attached hydrogens (tertiary/aromatic N) is 1. The van der Waals surface area contributed by atoms with Crippen LogP contribution in [-0.4, -0.2) is 50.2 Å². The van der Waals surface area contributed by atoms with Gasteiger partial charge < -0.3 is 25.8 Å². The quantitative estimate of drug-likeness (QED) is 0.367. The van der Waals surface area contributed by atoms with Gasteiger partial charge in [-0.15, -0.1) is 0 Å². The number of aromatic nitrogens is 2. The maximum atomic E-state index is 11.6. The fourth-order valence-corrected chi connectivity index (χ4v) is 1.70. The van der Waals surface area contributed by atoms with E-state index in [9.17, 15) is 20.1 Å². The number of H-pyrrole nitrogens is 1. The summed E-state index contributed by atoms with van der Waals surface area (Å²) in [6, 6.07) is 0. The van der Waals surface area contributed by atoms with Crippen molar-refractivity contribution in [3.8, 4) is 0 Å². The van der Waals surface area contributed by atoms with E-state index in [1.807, 2.05) is 0 Å². The highest BCUT2D eigenvalue weighted by molar-refractivity contribution is 5.20. The third kappa shape index (κ3) is 2.15. The summed E-state index contributed by atoms with van der Waals surface area (Å²) >= 11 is 0. The molecule has 94 valence electrons. The number of rotatable bonds is 1. The summed E-state index contributed by atoms with van der Waals surface area (Å²) in [6.07, 6.45) is -3.81. The minimum absolute atomic E-state index is 0.0513. The van der Waals surface area contributed by atoms with E-state index in [4.69, 9.17) is 10.5 Å². The fourth-order valence-electron chi connectivity index (χ4n) is 1.70. The summed E-state index contributed by atoms with van der Waals surface area (Å²) in [5.41, 5.74) is 4.78. The lowest BCUT2D eigenvalue weighted by molar-refractivity contribution is -0.189. The smallest absolute Gasteiger partial charge is 0.258 e. The number of nitrogen functional groups attached to an aromatic ring is 1. The second kappa shape index (κ2) is 4.41. The van der Waals surface area contributed by atoms with E-state index < -0.39 is 30.0 Å². The lowest BCUT2D eigenvalue weighted by atomic mass is 9.96. The molecule has 1 aliphatic rings. The van der Waals surface area contributed by atoms with Crippen LogP contribution in [0.3, 0.4) is 0 Å². The molecule has 1 aromatic heterocycles. The molecule has 4 atom stereocenters. The van der Waals surface area contributed by atoms with Crippen molar-refractivity contribution in [2.24, 2.45) is 0 Å². The molecule has 1 fully saturated rings. The van der Waals surface area contributed by atoms with Crippen LogP contribution >= 0.6 is 0 Å². The molecule has 0 radical (unpaired) electrons. The number of hydrogen-bond acceptors (Lipinski definition) is 7. The molecule has 8 heteroatoms. The monoisotopic (exact) mass is 243 g/mol. The fraction of sp³-hybridized carbons (Fsp3) is 0.556. The van der Waals surface area contributed by atoms with Crippen LogP contribution in [0.4, 0.5) is 5.95 Å². The molecule has 2 heterocycles. The molecule has 8 nitrogen and oxygen atoms in total. The van der Waals surface area contributed by atoms with Gasteiger partial charge in [0.15, 0.2) is 5.95 Å². The lowest BCUT2D eigenvalue weighted by Crippen LogP contribution is -2.50. The second-order valence-corrected chi connectivity index (χ2v) is 3.86. The Kier molecular flexibility index (Phi) is 3.11. The van der Waals surface area contributed by atoms with E-state index in [-0.39, 0.29) is 18.1 Å². The Hall–Kier alpha value is -1.48. The van der Waals surface area contributed by atoms with Gasteiger partial charge in [0.2, 0.25) is 0 Å². The van der Waals surface area contributed by atoms with Crippen molar-refractivity contribution in [3.63, 3.8) is 0 Å². The minimum atomic E-state index is -1.40. The Balaban J connectivity index is 2.31. The van der Waals surface area contributed by atoms with Crippen LogP contribution < -0.4 is 11.3 Å². The molecule has 0 amide bonds. The highest BCUT2D eigenvalue weighted by Crippen LogP contribution is 2.26. The average Bonchev–Trinajstić information content (AvgIpc) is 2.28. The van der Waals surface area contributed by atoms with E-state index in [1.54, 1.807) is 0 Å². The van der Waals surface area contributed by atoms with Gasteiger partial charge in [0.1, 0.15) is 24.4 Å². The third-order valence-corrected chi connectivity index (χ3v) is 2.65. The largest absolute Gasteiger partial charge is 0.388 e. The Bertz CT molecular complexity index is 462. The van der Waals surface area contributed by atoms with Crippen LogP contribution in [0.1, 0.15) is 11.7 Å². The molecule has 17 heavy (non-hydrogen) atoms. The van der Waals surface area contributed by atoms with Crippen molar-refractivity contribution in [1.29, 1.82) is 0 Å². The Morgan fingerprint density at radius 1 is 1.41 bits per heavy atom. The van der Waals surface area contributed by atoms with Gasteiger partial charge >= 0.3 is 0 Å². The molecule has 2 rings (SSSR count). The summed E-state index contributed by atoms with van der Waals surface area (Å²) in [7, 11) is 0. The van der Waals surface area contributed by atoms with Gasteiger partial charge in [-0.2, -0.15) is 0 Å². The van der Waals surface area contributed by atoms with Crippen LogP contribution in [0.25, 0.3) is 0 Å². The van der Waals surface area contributed by atoms with Crippen molar-refractivity contribution in [2.75, 3.05) is 12.3 Å². The van der Waals surface area contributed by atoms with Crippen LogP contribution in [0.5, 0.6) is 0 Å². The molecule has 0 bridgehead atoms. The topological polar surface area (TPSA) is 142 Å². The van der Waals surface area contributed by atoms with Crippen LogP contribution in [0.15, 0.2) is 11.0 Å². The Labute approximate surface area is 95.7 Å².